The van der Waals surface area contributed by atoms with Gasteiger partial charge in [-0.05, 0) is 78.6 Å². The molecule has 1 aliphatic carbocycles. The van der Waals surface area contributed by atoms with Gasteiger partial charge in [0.05, 0.1) is 10.8 Å². The first-order valence-corrected chi connectivity index (χ1v) is 9.99. The molecule has 2 aromatic carbocycles. The van der Waals surface area contributed by atoms with Gasteiger partial charge in [-0.3, -0.25) is 0 Å². The first-order chi connectivity index (χ1) is 12.3. The highest BCUT2D eigenvalue weighted by Gasteiger charge is 2.21. The van der Waals surface area contributed by atoms with E-state index in [-0.39, 0.29) is 0 Å². The minimum absolute atomic E-state index is 0.756. The van der Waals surface area contributed by atoms with Gasteiger partial charge >= 0.3 is 0 Å². The van der Waals surface area contributed by atoms with Gasteiger partial charge in [0.1, 0.15) is 0 Å². The van der Waals surface area contributed by atoms with Crippen LogP contribution in [0.5, 0.6) is 0 Å². The van der Waals surface area contributed by atoms with E-state index >= 15 is 0 Å². The average Bonchev–Trinajstić information content (AvgIpc) is 2.68. The number of benzene rings is 2. The molecule has 0 atom stereocenters. The zero-order valence-electron chi connectivity index (χ0n) is 15.1. The van der Waals surface area contributed by atoms with Crippen molar-refractivity contribution in [1.29, 1.82) is 0 Å². The minimum Gasteiger partial charge on any atom is -0.195 e. The van der Waals surface area contributed by atoms with Crippen LogP contribution in [0.3, 0.4) is 0 Å². The lowest BCUT2D eigenvalue weighted by molar-refractivity contribution is 0.304. The van der Waals surface area contributed by atoms with E-state index in [0.717, 1.165) is 17.5 Å². The van der Waals surface area contributed by atoms with E-state index in [0.29, 0.717) is 0 Å². The fourth-order valence-corrected chi connectivity index (χ4v) is 4.11. The molecule has 0 aromatic heterocycles. The lowest BCUT2D eigenvalue weighted by Crippen LogP contribution is -2.13. The second kappa shape index (κ2) is 9.08. The van der Waals surface area contributed by atoms with Crippen molar-refractivity contribution in [1.82, 2.24) is 0 Å². The predicted molar refractivity (Wildman–Crippen MR) is 111 cm³/mol. The third-order valence-corrected chi connectivity index (χ3v) is 5.66. The quantitative estimate of drug-likeness (QED) is 0.387. The van der Waals surface area contributed by atoms with Gasteiger partial charge in [-0.25, -0.2) is 0 Å². The first-order valence-electron chi connectivity index (χ1n) is 9.58. The Bertz CT molecular complexity index is 703. The number of isothiocyanates is 1. The van der Waals surface area contributed by atoms with Gasteiger partial charge in [0.15, 0.2) is 0 Å². The van der Waals surface area contributed by atoms with E-state index < -0.39 is 0 Å². The van der Waals surface area contributed by atoms with Crippen LogP contribution in [0.15, 0.2) is 53.5 Å². The van der Waals surface area contributed by atoms with E-state index in [1.807, 2.05) is 12.1 Å². The number of hydrogen-bond acceptors (Lipinski definition) is 2. The molecule has 0 spiro atoms. The van der Waals surface area contributed by atoms with Crippen molar-refractivity contribution < 1.29 is 0 Å². The summed E-state index contributed by atoms with van der Waals surface area (Å²) in [6, 6.07) is 17.3. The lowest BCUT2D eigenvalue weighted by atomic mass is 9.77. The summed E-state index contributed by atoms with van der Waals surface area (Å²) >= 11 is 4.65. The molecule has 0 bridgehead atoms. The molecule has 1 aliphatic rings. The summed E-state index contributed by atoms with van der Waals surface area (Å²) in [7, 11) is 0. The van der Waals surface area contributed by atoms with Crippen molar-refractivity contribution in [2.45, 2.75) is 57.8 Å². The largest absolute Gasteiger partial charge is 0.195 e. The number of aliphatic imine (C=N–C) groups is 1. The Balaban J connectivity index is 1.61. The minimum atomic E-state index is 0.756. The molecule has 1 fully saturated rings. The maximum absolute atomic E-state index is 4.65. The van der Waals surface area contributed by atoms with Crippen LogP contribution in [0.1, 0.15) is 63.4 Å². The topological polar surface area (TPSA) is 12.4 Å². The van der Waals surface area contributed by atoms with Gasteiger partial charge in [0, 0.05) is 0 Å². The molecule has 2 aromatic rings. The van der Waals surface area contributed by atoms with Crippen LogP contribution in [0.25, 0.3) is 11.1 Å². The smallest absolute Gasteiger partial charge is 0.0739 e. The maximum atomic E-state index is 4.65. The Hall–Kier alpha value is -1.76. The summed E-state index contributed by atoms with van der Waals surface area (Å²) in [5.74, 6) is 1.73. The highest BCUT2D eigenvalue weighted by Crippen LogP contribution is 2.38. The summed E-state index contributed by atoms with van der Waals surface area (Å²) in [6.45, 7) is 2.30. The molecule has 0 unspecified atom stereocenters. The van der Waals surface area contributed by atoms with E-state index in [2.05, 4.69) is 65.7 Å². The van der Waals surface area contributed by atoms with Crippen molar-refractivity contribution in [3.05, 3.63) is 54.1 Å². The number of hydrogen-bond donors (Lipinski definition) is 0. The molecule has 0 radical (unpaired) electrons. The van der Waals surface area contributed by atoms with Crippen molar-refractivity contribution in [2.75, 3.05) is 0 Å². The molecule has 0 aliphatic heterocycles. The molecule has 0 saturated heterocycles. The Morgan fingerprint density at radius 3 is 2.08 bits per heavy atom. The lowest BCUT2D eigenvalue weighted by Gasteiger charge is -2.29. The second-order valence-corrected chi connectivity index (χ2v) is 7.41. The summed E-state index contributed by atoms with van der Waals surface area (Å²) in [5.41, 5.74) is 4.85. The molecule has 0 N–H and O–H groups in total. The monoisotopic (exact) mass is 349 g/mol. The summed E-state index contributed by atoms with van der Waals surface area (Å²) in [5, 5.41) is 2.41. The van der Waals surface area contributed by atoms with E-state index in [1.54, 1.807) is 0 Å². The number of nitrogens with zero attached hydrogens (tertiary/aromatic N) is 1. The third kappa shape index (κ3) is 4.87. The Morgan fingerprint density at radius 2 is 1.52 bits per heavy atom. The molecule has 25 heavy (non-hydrogen) atoms. The van der Waals surface area contributed by atoms with E-state index in [4.69, 9.17) is 0 Å². The maximum Gasteiger partial charge on any atom is 0.0739 e. The van der Waals surface area contributed by atoms with Crippen LogP contribution in [0.2, 0.25) is 0 Å². The molecule has 0 heterocycles. The van der Waals surface area contributed by atoms with Gasteiger partial charge in [-0.2, -0.15) is 4.99 Å². The molecule has 0 amide bonds. The van der Waals surface area contributed by atoms with Crippen LogP contribution in [0.4, 0.5) is 5.69 Å². The van der Waals surface area contributed by atoms with Crippen molar-refractivity contribution in [3.8, 4) is 11.1 Å². The second-order valence-electron chi connectivity index (χ2n) is 7.23. The number of rotatable bonds is 6. The summed E-state index contributed by atoms with van der Waals surface area (Å²) < 4.78 is 0. The summed E-state index contributed by atoms with van der Waals surface area (Å²) in [4.78, 5) is 4.01. The van der Waals surface area contributed by atoms with E-state index in [1.165, 1.54) is 61.6 Å². The fraction of sp³-hybridized carbons (Fsp3) is 0.435. The Labute approximate surface area is 157 Å². The summed E-state index contributed by atoms with van der Waals surface area (Å²) in [6.07, 6.45) is 9.71. The van der Waals surface area contributed by atoms with Gasteiger partial charge in [0.2, 0.25) is 0 Å². The third-order valence-electron chi connectivity index (χ3n) is 5.57. The molecule has 3 rings (SSSR count). The van der Waals surface area contributed by atoms with Crippen molar-refractivity contribution in [2.24, 2.45) is 10.9 Å². The normalized spacial score (nSPS) is 20.0. The van der Waals surface area contributed by atoms with Gasteiger partial charge in [0.25, 0.3) is 0 Å². The zero-order chi connectivity index (χ0) is 17.5. The van der Waals surface area contributed by atoms with Crippen molar-refractivity contribution >= 4 is 23.1 Å². The highest BCUT2D eigenvalue weighted by molar-refractivity contribution is 7.78. The SMILES string of the molecule is CCCC[C@H]1CC[C@H](c2ccc(-c3ccc(N=C=S)cc3)cc2)CC1. The molecule has 1 nitrogen and oxygen atoms in total. The number of unbranched alkanes of at least 4 members (excludes halogenated alkanes) is 1. The van der Waals surface area contributed by atoms with Crippen LogP contribution < -0.4 is 0 Å². The van der Waals surface area contributed by atoms with Crippen molar-refractivity contribution in [3.63, 3.8) is 0 Å². The van der Waals surface area contributed by atoms with Gasteiger partial charge < -0.3 is 0 Å². The molecule has 2 heteroatoms. The average molecular weight is 350 g/mol. The molecule has 130 valence electrons. The van der Waals surface area contributed by atoms with Crippen LogP contribution in [0, 0.1) is 5.92 Å². The Morgan fingerprint density at radius 1 is 0.920 bits per heavy atom. The molecular weight excluding hydrogens is 322 g/mol. The standard InChI is InChI=1S/C23H27NS/c1-2-3-4-18-5-7-19(8-6-18)20-9-11-21(12-10-20)22-13-15-23(16-14-22)24-17-25/h9-16,18-19H,2-8H2,1H3/t18-,19-. The van der Waals surface area contributed by atoms with Crippen LogP contribution >= 0.6 is 12.2 Å². The fourth-order valence-electron chi connectivity index (χ4n) is 4.01. The van der Waals surface area contributed by atoms with Crippen LogP contribution in [-0.4, -0.2) is 5.16 Å². The zero-order valence-corrected chi connectivity index (χ0v) is 15.9. The van der Waals surface area contributed by atoms with Gasteiger partial charge in [-0.1, -0.05) is 62.6 Å². The molecular formula is C23H27NS. The van der Waals surface area contributed by atoms with Crippen LogP contribution in [-0.2, 0) is 0 Å². The van der Waals surface area contributed by atoms with Gasteiger partial charge in [-0.15, -0.1) is 0 Å². The Kier molecular flexibility index (Phi) is 6.55. The molecule has 1 saturated carbocycles. The van der Waals surface area contributed by atoms with E-state index in [9.17, 15) is 0 Å². The highest BCUT2D eigenvalue weighted by atomic mass is 32.1. The first kappa shape index (κ1) is 18.0. The predicted octanol–water partition coefficient (Wildman–Crippen LogP) is 7.55. The number of thiocarbonyl (C=S) groups is 1.